The van der Waals surface area contributed by atoms with Crippen molar-refractivity contribution < 1.29 is 0 Å². The van der Waals surface area contributed by atoms with Crippen LogP contribution < -0.4 is 5.32 Å². The SMILES string of the molecule is CC1=C(C#N)C(=S)NC(C)(C)C1. The average molecular weight is 180 g/mol. The van der Waals surface area contributed by atoms with Crippen LogP contribution in [-0.4, -0.2) is 10.5 Å². The molecule has 1 rings (SSSR count). The van der Waals surface area contributed by atoms with Gasteiger partial charge in [-0.2, -0.15) is 5.26 Å². The molecule has 64 valence electrons. The van der Waals surface area contributed by atoms with Crippen molar-refractivity contribution in [1.29, 1.82) is 5.26 Å². The molecule has 2 nitrogen and oxygen atoms in total. The molecule has 0 unspecified atom stereocenters. The van der Waals surface area contributed by atoms with Gasteiger partial charge in [0.1, 0.15) is 11.1 Å². The van der Waals surface area contributed by atoms with Crippen molar-refractivity contribution in [1.82, 2.24) is 5.32 Å². The minimum absolute atomic E-state index is 0.00150. The molecule has 0 bridgehead atoms. The van der Waals surface area contributed by atoms with Crippen molar-refractivity contribution in [2.45, 2.75) is 32.7 Å². The fraction of sp³-hybridized carbons (Fsp3) is 0.556. The molecule has 12 heavy (non-hydrogen) atoms. The lowest BCUT2D eigenvalue weighted by Gasteiger charge is -2.32. The molecular formula is C9H12N2S. The fourth-order valence-corrected chi connectivity index (χ4v) is 2.00. The van der Waals surface area contributed by atoms with Gasteiger partial charge in [0.05, 0.1) is 5.57 Å². The Bertz CT molecular complexity index is 294. The zero-order valence-electron chi connectivity index (χ0n) is 7.56. The molecule has 1 N–H and O–H groups in total. The third-order valence-corrected chi connectivity index (χ3v) is 2.23. The summed E-state index contributed by atoms with van der Waals surface area (Å²) in [5.74, 6) is 0. The van der Waals surface area contributed by atoms with E-state index in [2.05, 4.69) is 25.2 Å². The van der Waals surface area contributed by atoms with Gasteiger partial charge < -0.3 is 5.32 Å². The standard InChI is InChI=1S/C9H12N2S/c1-6-4-9(2,3)11-8(12)7(6)5-10/h4H2,1-3H3,(H,11,12). The number of nitriles is 1. The second-order valence-electron chi connectivity index (χ2n) is 3.78. The highest BCUT2D eigenvalue weighted by Gasteiger charge is 2.27. The molecular weight excluding hydrogens is 168 g/mol. The summed E-state index contributed by atoms with van der Waals surface area (Å²) >= 11 is 5.06. The average Bonchev–Trinajstić information content (AvgIpc) is 1.82. The van der Waals surface area contributed by atoms with E-state index in [0.29, 0.717) is 10.6 Å². The highest BCUT2D eigenvalue weighted by molar-refractivity contribution is 7.80. The Balaban J connectivity index is 3.05. The minimum atomic E-state index is 0.00150. The predicted octanol–water partition coefficient (Wildman–Crippen LogP) is 1.93. The molecule has 0 spiro atoms. The van der Waals surface area contributed by atoms with E-state index in [1.807, 2.05) is 6.92 Å². The van der Waals surface area contributed by atoms with E-state index in [4.69, 9.17) is 17.5 Å². The monoisotopic (exact) mass is 180 g/mol. The molecule has 0 aliphatic carbocycles. The van der Waals surface area contributed by atoms with E-state index in [0.717, 1.165) is 12.0 Å². The van der Waals surface area contributed by atoms with Gasteiger partial charge in [0.2, 0.25) is 0 Å². The lowest BCUT2D eigenvalue weighted by Crippen LogP contribution is -2.46. The molecule has 0 amide bonds. The number of hydrogen-bond acceptors (Lipinski definition) is 2. The highest BCUT2D eigenvalue weighted by atomic mass is 32.1. The molecule has 1 aliphatic rings. The van der Waals surface area contributed by atoms with Gasteiger partial charge in [0.25, 0.3) is 0 Å². The third kappa shape index (κ3) is 1.64. The Kier molecular flexibility index (Phi) is 2.20. The van der Waals surface area contributed by atoms with E-state index >= 15 is 0 Å². The Morgan fingerprint density at radius 1 is 1.58 bits per heavy atom. The van der Waals surface area contributed by atoms with Gasteiger partial charge in [0, 0.05) is 5.54 Å². The second kappa shape index (κ2) is 2.87. The molecule has 1 aliphatic heterocycles. The van der Waals surface area contributed by atoms with Gasteiger partial charge in [-0.3, -0.25) is 0 Å². The third-order valence-electron chi connectivity index (χ3n) is 1.92. The van der Waals surface area contributed by atoms with Gasteiger partial charge in [-0.25, -0.2) is 0 Å². The Morgan fingerprint density at radius 3 is 2.58 bits per heavy atom. The van der Waals surface area contributed by atoms with Crippen LogP contribution in [-0.2, 0) is 0 Å². The summed E-state index contributed by atoms with van der Waals surface area (Å²) in [7, 11) is 0. The topological polar surface area (TPSA) is 35.8 Å². The molecule has 0 radical (unpaired) electrons. The number of nitrogens with one attached hydrogen (secondary N) is 1. The Morgan fingerprint density at radius 2 is 2.17 bits per heavy atom. The normalized spacial score (nSPS) is 21.7. The number of hydrogen-bond donors (Lipinski definition) is 1. The first-order chi connectivity index (χ1) is 5.46. The highest BCUT2D eigenvalue weighted by Crippen LogP contribution is 2.24. The first-order valence-corrected chi connectivity index (χ1v) is 4.29. The lowest BCUT2D eigenvalue weighted by atomic mass is 9.89. The predicted molar refractivity (Wildman–Crippen MR) is 52.7 cm³/mol. The molecule has 0 fully saturated rings. The van der Waals surface area contributed by atoms with Crippen LogP contribution in [0.5, 0.6) is 0 Å². The Hall–Kier alpha value is -0.880. The van der Waals surface area contributed by atoms with E-state index in [1.54, 1.807) is 0 Å². The van der Waals surface area contributed by atoms with Gasteiger partial charge in [0.15, 0.2) is 0 Å². The number of nitrogens with zero attached hydrogens (tertiary/aromatic N) is 1. The molecule has 0 aromatic carbocycles. The van der Waals surface area contributed by atoms with Crippen LogP contribution in [0.1, 0.15) is 27.2 Å². The van der Waals surface area contributed by atoms with Crippen molar-refractivity contribution >= 4 is 17.2 Å². The van der Waals surface area contributed by atoms with Crippen LogP contribution in [0.2, 0.25) is 0 Å². The molecule has 0 atom stereocenters. The van der Waals surface area contributed by atoms with Crippen LogP contribution in [0.15, 0.2) is 11.1 Å². The van der Waals surface area contributed by atoms with Crippen molar-refractivity contribution in [3.8, 4) is 6.07 Å². The van der Waals surface area contributed by atoms with Crippen LogP contribution in [0.4, 0.5) is 0 Å². The summed E-state index contributed by atoms with van der Waals surface area (Å²) in [5, 5.41) is 11.9. The maximum Gasteiger partial charge on any atom is 0.117 e. The number of thiocarbonyl (C=S) groups is 1. The molecule has 0 saturated heterocycles. The van der Waals surface area contributed by atoms with E-state index in [1.165, 1.54) is 0 Å². The van der Waals surface area contributed by atoms with Gasteiger partial charge >= 0.3 is 0 Å². The van der Waals surface area contributed by atoms with E-state index in [-0.39, 0.29) is 5.54 Å². The van der Waals surface area contributed by atoms with Gasteiger partial charge in [-0.1, -0.05) is 17.8 Å². The minimum Gasteiger partial charge on any atom is -0.370 e. The summed E-state index contributed by atoms with van der Waals surface area (Å²) in [6.07, 6.45) is 0.885. The van der Waals surface area contributed by atoms with Gasteiger partial charge in [-0.05, 0) is 27.2 Å². The summed E-state index contributed by atoms with van der Waals surface area (Å²) < 4.78 is 0. The second-order valence-corrected chi connectivity index (χ2v) is 4.19. The lowest BCUT2D eigenvalue weighted by molar-refractivity contribution is 0.450. The fourth-order valence-electron chi connectivity index (χ4n) is 1.51. The largest absolute Gasteiger partial charge is 0.370 e. The van der Waals surface area contributed by atoms with Crippen LogP contribution in [0, 0.1) is 11.3 Å². The molecule has 3 heteroatoms. The molecule has 1 heterocycles. The first kappa shape index (κ1) is 9.21. The maximum absolute atomic E-state index is 8.77. The van der Waals surface area contributed by atoms with E-state index in [9.17, 15) is 0 Å². The summed E-state index contributed by atoms with van der Waals surface area (Å²) in [5.41, 5.74) is 1.73. The van der Waals surface area contributed by atoms with Crippen molar-refractivity contribution in [3.05, 3.63) is 11.1 Å². The summed E-state index contributed by atoms with van der Waals surface area (Å²) in [6.45, 7) is 6.13. The van der Waals surface area contributed by atoms with Crippen LogP contribution in [0.3, 0.4) is 0 Å². The molecule has 0 aromatic heterocycles. The first-order valence-electron chi connectivity index (χ1n) is 3.88. The zero-order valence-corrected chi connectivity index (χ0v) is 8.38. The van der Waals surface area contributed by atoms with E-state index < -0.39 is 0 Å². The number of rotatable bonds is 0. The van der Waals surface area contributed by atoms with Crippen molar-refractivity contribution in [2.24, 2.45) is 0 Å². The van der Waals surface area contributed by atoms with Crippen LogP contribution in [0.25, 0.3) is 0 Å². The van der Waals surface area contributed by atoms with Crippen LogP contribution >= 0.6 is 12.2 Å². The van der Waals surface area contributed by atoms with Crippen molar-refractivity contribution in [3.63, 3.8) is 0 Å². The Labute approximate surface area is 78.3 Å². The zero-order chi connectivity index (χ0) is 9.35. The summed E-state index contributed by atoms with van der Waals surface area (Å²) in [6, 6.07) is 2.12. The summed E-state index contributed by atoms with van der Waals surface area (Å²) in [4.78, 5) is 0.589. The smallest absolute Gasteiger partial charge is 0.117 e. The van der Waals surface area contributed by atoms with Gasteiger partial charge in [-0.15, -0.1) is 0 Å². The molecule has 0 aromatic rings. The quantitative estimate of drug-likeness (QED) is 0.579. The van der Waals surface area contributed by atoms with Crippen molar-refractivity contribution in [2.75, 3.05) is 0 Å². The maximum atomic E-state index is 8.77. The molecule has 0 saturated carbocycles.